The van der Waals surface area contributed by atoms with Gasteiger partial charge >= 0.3 is 0 Å². The Balaban J connectivity index is 2.33. The molecule has 0 saturated carbocycles. The molecule has 0 bridgehead atoms. The van der Waals surface area contributed by atoms with E-state index in [0.717, 1.165) is 18.5 Å². The minimum Gasteiger partial charge on any atom is -0.263 e. The zero-order valence-electron chi connectivity index (χ0n) is 11.9. The lowest BCUT2D eigenvalue weighted by Crippen LogP contribution is -2.15. The lowest BCUT2D eigenvalue weighted by atomic mass is 10.2. The van der Waals surface area contributed by atoms with Gasteiger partial charge in [0.15, 0.2) is 0 Å². The second-order valence-electron chi connectivity index (χ2n) is 4.73. The van der Waals surface area contributed by atoms with Crippen molar-refractivity contribution in [3.63, 3.8) is 0 Å². The molecule has 1 aromatic heterocycles. The minimum absolute atomic E-state index is 0.165. The van der Waals surface area contributed by atoms with Crippen molar-refractivity contribution < 1.29 is 8.42 Å². The molecule has 2 rings (SSSR count). The summed E-state index contributed by atoms with van der Waals surface area (Å²) in [4.78, 5) is 4.47. The molecule has 0 aliphatic rings. The smallest absolute Gasteiger partial charge is 0.263 e. The maximum Gasteiger partial charge on any atom is 0.263 e. The van der Waals surface area contributed by atoms with Gasteiger partial charge in [-0.15, -0.1) is 0 Å². The van der Waals surface area contributed by atoms with Gasteiger partial charge < -0.3 is 0 Å². The highest BCUT2D eigenvalue weighted by Gasteiger charge is 2.18. The molecule has 0 aliphatic carbocycles. The molecule has 1 heterocycles. The average molecular weight is 325 g/mol. The molecule has 0 unspecified atom stereocenters. The van der Waals surface area contributed by atoms with Crippen molar-refractivity contribution in [1.82, 2.24) is 4.98 Å². The van der Waals surface area contributed by atoms with Gasteiger partial charge in [-0.05, 0) is 43.2 Å². The summed E-state index contributed by atoms with van der Waals surface area (Å²) in [6.07, 6.45) is 1.77. The summed E-state index contributed by atoms with van der Waals surface area (Å²) in [6, 6.07) is 10.1. The fraction of sp³-hybridized carbons (Fsp3) is 0.267. The van der Waals surface area contributed by atoms with E-state index in [4.69, 9.17) is 11.6 Å². The van der Waals surface area contributed by atoms with Gasteiger partial charge in [-0.25, -0.2) is 13.4 Å². The second kappa shape index (κ2) is 6.45. The monoisotopic (exact) mass is 324 g/mol. The van der Waals surface area contributed by atoms with Crippen LogP contribution in [-0.2, 0) is 16.4 Å². The normalized spacial score (nSPS) is 11.4. The fourth-order valence-electron chi connectivity index (χ4n) is 2.00. The van der Waals surface area contributed by atoms with Crippen LogP contribution in [0.3, 0.4) is 0 Å². The highest BCUT2D eigenvalue weighted by molar-refractivity contribution is 7.92. The maximum atomic E-state index is 12.4. The molecule has 0 fully saturated rings. The van der Waals surface area contributed by atoms with Gasteiger partial charge in [0.05, 0.1) is 4.90 Å². The molecule has 112 valence electrons. The Hall–Kier alpha value is -1.59. The number of aryl methyl sites for hydroxylation is 1. The number of hydrogen-bond donors (Lipinski definition) is 1. The van der Waals surface area contributed by atoms with Gasteiger partial charge in [0, 0.05) is 10.7 Å². The lowest BCUT2D eigenvalue weighted by molar-refractivity contribution is 0.600. The molecule has 21 heavy (non-hydrogen) atoms. The summed E-state index contributed by atoms with van der Waals surface area (Å²) in [7, 11) is -3.70. The Morgan fingerprint density at radius 1 is 1.19 bits per heavy atom. The fourth-order valence-corrected chi connectivity index (χ4v) is 3.50. The van der Waals surface area contributed by atoms with Gasteiger partial charge in [0.1, 0.15) is 5.82 Å². The van der Waals surface area contributed by atoms with E-state index in [1.165, 1.54) is 6.07 Å². The van der Waals surface area contributed by atoms with Crippen molar-refractivity contribution >= 4 is 27.4 Å². The van der Waals surface area contributed by atoms with Crippen molar-refractivity contribution in [2.45, 2.75) is 31.6 Å². The Bertz CT molecular complexity index is 745. The van der Waals surface area contributed by atoms with Crippen LogP contribution in [0.2, 0.25) is 5.02 Å². The zero-order chi connectivity index (χ0) is 15.5. The third-order valence-corrected chi connectivity index (χ3v) is 4.97. The van der Waals surface area contributed by atoms with Crippen LogP contribution < -0.4 is 4.72 Å². The van der Waals surface area contributed by atoms with E-state index in [0.29, 0.717) is 16.4 Å². The lowest BCUT2D eigenvalue weighted by Gasteiger charge is -2.11. The zero-order valence-corrected chi connectivity index (χ0v) is 13.5. The number of hydrogen-bond acceptors (Lipinski definition) is 3. The molecule has 0 spiro atoms. The SMILES string of the molecule is CCCc1cccc(NS(=O)(=O)c2cccc(Cl)c2C)n1. The van der Waals surface area contributed by atoms with Gasteiger partial charge in [0.2, 0.25) is 0 Å². The van der Waals surface area contributed by atoms with Crippen LogP contribution in [0.4, 0.5) is 5.82 Å². The largest absolute Gasteiger partial charge is 0.263 e. The van der Waals surface area contributed by atoms with Crippen LogP contribution in [0.15, 0.2) is 41.3 Å². The number of nitrogens with zero attached hydrogens (tertiary/aromatic N) is 1. The summed E-state index contributed by atoms with van der Waals surface area (Å²) < 4.78 is 27.4. The van der Waals surface area contributed by atoms with Crippen molar-refractivity contribution in [3.8, 4) is 0 Å². The first kappa shape index (κ1) is 15.8. The molecule has 0 amide bonds. The molecule has 1 N–H and O–H groups in total. The first-order valence-corrected chi connectivity index (χ1v) is 8.54. The van der Waals surface area contributed by atoms with E-state index >= 15 is 0 Å². The van der Waals surface area contributed by atoms with E-state index in [9.17, 15) is 8.42 Å². The van der Waals surface area contributed by atoms with Crippen molar-refractivity contribution in [2.75, 3.05) is 4.72 Å². The number of rotatable bonds is 5. The Morgan fingerprint density at radius 2 is 1.90 bits per heavy atom. The number of halogens is 1. The highest BCUT2D eigenvalue weighted by Crippen LogP contribution is 2.24. The Morgan fingerprint density at radius 3 is 2.62 bits per heavy atom. The van der Waals surface area contributed by atoms with E-state index in [1.807, 2.05) is 13.0 Å². The number of aromatic nitrogens is 1. The highest BCUT2D eigenvalue weighted by atomic mass is 35.5. The Kier molecular flexibility index (Phi) is 4.85. The molecule has 1 aromatic carbocycles. The van der Waals surface area contributed by atoms with Gasteiger partial charge in [-0.2, -0.15) is 0 Å². The molecule has 4 nitrogen and oxygen atoms in total. The van der Waals surface area contributed by atoms with Gasteiger partial charge in [-0.3, -0.25) is 4.72 Å². The standard InChI is InChI=1S/C15H17ClN2O2S/c1-3-6-12-7-4-10-15(17-12)18-21(19,20)14-9-5-8-13(16)11(14)2/h4-5,7-10H,3,6H2,1-2H3,(H,17,18). The molecule has 0 radical (unpaired) electrons. The molecule has 0 atom stereocenters. The van der Waals surface area contributed by atoms with E-state index < -0.39 is 10.0 Å². The summed E-state index contributed by atoms with van der Waals surface area (Å²) in [6.45, 7) is 3.73. The van der Waals surface area contributed by atoms with Crippen LogP contribution >= 0.6 is 11.6 Å². The van der Waals surface area contributed by atoms with Crippen molar-refractivity contribution in [1.29, 1.82) is 0 Å². The maximum absolute atomic E-state index is 12.4. The van der Waals surface area contributed by atoms with E-state index in [2.05, 4.69) is 9.71 Å². The quantitative estimate of drug-likeness (QED) is 0.910. The molecular weight excluding hydrogens is 308 g/mol. The number of sulfonamides is 1. The first-order valence-electron chi connectivity index (χ1n) is 6.68. The second-order valence-corrected chi connectivity index (χ2v) is 6.79. The molecule has 0 saturated heterocycles. The average Bonchev–Trinajstić information content (AvgIpc) is 2.42. The summed E-state index contributed by atoms with van der Waals surface area (Å²) in [5.74, 6) is 0.320. The van der Waals surface area contributed by atoms with E-state index in [1.54, 1.807) is 31.2 Å². The molecular formula is C15H17ClN2O2S. The third kappa shape index (κ3) is 3.74. The molecule has 6 heteroatoms. The first-order chi connectivity index (χ1) is 9.94. The minimum atomic E-state index is -3.70. The van der Waals surface area contributed by atoms with Crippen molar-refractivity contribution in [3.05, 3.63) is 52.7 Å². The number of nitrogens with one attached hydrogen (secondary N) is 1. The molecule has 2 aromatic rings. The van der Waals surface area contributed by atoms with Crippen LogP contribution in [-0.4, -0.2) is 13.4 Å². The van der Waals surface area contributed by atoms with Crippen LogP contribution in [0.25, 0.3) is 0 Å². The number of benzene rings is 1. The summed E-state index contributed by atoms with van der Waals surface area (Å²) in [5.41, 5.74) is 1.39. The predicted molar refractivity (Wildman–Crippen MR) is 85.2 cm³/mol. The third-order valence-electron chi connectivity index (χ3n) is 3.06. The Labute approximate surface area is 130 Å². The number of anilines is 1. The van der Waals surface area contributed by atoms with E-state index in [-0.39, 0.29) is 4.90 Å². The number of pyridine rings is 1. The topological polar surface area (TPSA) is 59.1 Å². The molecule has 0 aliphatic heterocycles. The van der Waals surface area contributed by atoms with Crippen LogP contribution in [0, 0.1) is 6.92 Å². The summed E-state index contributed by atoms with van der Waals surface area (Å²) >= 11 is 5.98. The van der Waals surface area contributed by atoms with Crippen LogP contribution in [0.1, 0.15) is 24.6 Å². The van der Waals surface area contributed by atoms with Gasteiger partial charge in [-0.1, -0.05) is 37.1 Å². The summed E-state index contributed by atoms with van der Waals surface area (Å²) in [5, 5.41) is 0.422. The predicted octanol–water partition coefficient (Wildman–Crippen LogP) is 3.80. The van der Waals surface area contributed by atoms with Gasteiger partial charge in [0.25, 0.3) is 10.0 Å². The van der Waals surface area contributed by atoms with Crippen LogP contribution in [0.5, 0.6) is 0 Å². The van der Waals surface area contributed by atoms with Crippen molar-refractivity contribution in [2.24, 2.45) is 0 Å².